The van der Waals surface area contributed by atoms with Crippen molar-refractivity contribution >= 4 is 45.9 Å². The fourth-order valence-corrected chi connectivity index (χ4v) is 3.32. The second-order valence-corrected chi connectivity index (χ2v) is 6.67. The Morgan fingerprint density at radius 3 is 2.88 bits per heavy atom. The van der Waals surface area contributed by atoms with Crippen LogP contribution >= 0.6 is 39.9 Å². The molecule has 0 saturated carbocycles. The lowest BCUT2D eigenvalue weighted by Gasteiger charge is -2.28. The smallest absolute Gasteiger partial charge is 0.191 e. The fraction of sp³-hybridized carbons (Fsp3) is 0.316. The van der Waals surface area contributed by atoms with Crippen LogP contribution in [0, 0.1) is 0 Å². The van der Waals surface area contributed by atoms with E-state index in [1.54, 1.807) is 14.2 Å². The summed E-state index contributed by atoms with van der Waals surface area (Å²) in [5, 5.41) is 6.85. The van der Waals surface area contributed by atoms with Crippen molar-refractivity contribution in [3.8, 4) is 11.5 Å². The lowest BCUT2D eigenvalue weighted by Crippen LogP contribution is -2.40. The number of nitrogens with zero attached hydrogens (tertiary/aromatic N) is 1. The van der Waals surface area contributed by atoms with Crippen LogP contribution in [0.25, 0.3) is 0 Å². The second-order valence-electron chi connectivity index (χ2n) is 5.75. The highest BCUT2D eigenvalue weighted by Crippen LogP contribution is 2.31. The molecule has 140 valence electrons. The van der Waals surface area contributed by atoms with E-state index in [4.69, 9.17) is 9.47 Å². The van der Waals surface area contributed by atoms with Crippen molar-refractivity contribution in [2.75, 3.05) is 20.8 Å². The largest absolute Gasteiger partial charge is 0.496 e. The van der Waals surface area contributed by atoms with E-state index in [0.717, 1.165) is 39.5 Å². The molecule has 0 fully saturated rings. The fourth-order valence-electron chi connectivity index (χ4n) is 2.92. The van der Waals surface area contributed by atoms with E-state index in [9.17, 15) is 0 Å². The molecule has 0 aromatic heterocycles. The minimum absolute atomic E-state index is 0. The highest BCUT2D eigenvalue weighted by atomic mass is 127. The van der Waals surface area contributed by atoms with E-state index >= 15 is 0 Å². The number of fused-ring (bicyclic) bond motifs is 1. The summed E-state index contributed by atoms with van der Waals surface area (Å²) in [5.74, 6) is 2.54. The van der Waals surface area contributed by atoms with E-state index in [-0.39, 0.29) is 30.0 Å². The summed E-state index contributed by atoms with van der Waals surface area (Å²) in [5.41, 5.74) is 2.23. The van der Waals surface area contributed by atoms with Crippen molar-refractivity contribution in [3.63, 3.8) is 0 Å². The molecule has 7 heteroatoms. The molecule has 0 bridgehead atoms. The first-order valence-corrected chi connectivity index (χ1v) is 9.02. The van der Waals surface area contributed by atoms with E-state index in [1.165, 1.54) is 0 Å². The second kappa shape index (κ2) is 10.0. The molecular weight excluding hydrogens is 509 g/mol. The summed E-state index contributed by atoms with van der Waals surface area (Å²) in [6.45, 7) is 1.32. The molecule has 5 nitrogen and oxygen atoms in total. The van der Waals surface area contributed by atoms with Gasteiger partial charge in [0.2, 0.25) is 0 Å². The van der Waals surface area contributed by atoms with Gasteiger partial charge in [-0.1, -0.05) is 34.1 Å². The molecular formula is C19H23BrIN3O2. The lowest BCUT2D eigenvalue weighted by atomic mass is 10.0. The molecule has 0 radical (unpaired) electrons. The van der Waals surface area contributed by atoms with Crippen LogP contribution in [0.1, 0.15) is 23.6 Å². The Bertz CT molecular complexity index is 770. The van der Waals surface area contributed by atoms with Gasteiger partial charge >= 0.3 is 0 Å². The molecule has 1 aliphatic rings. The maximum atomic E-state index is 5.72. The zero-order chi connectivity index (χ0) is 17.6. The lowest BCUT2D eigenvalue weighted by molar-refractivity contribution is 0.261. The van der Waals surface area contributed by atoms with Gasteiger partial charge in [0.1, 0.15) is 11.5 Å². The minimum Gasteiger partial charge on any atom is -0.496 e. The van der Waals surface area contributed by atoms with Crippen LogP contribution in [-0.2, 0) is 6.54 Å². The SMILES string of the molecule is CN=C(NCc1cc(Br)ccc1OC)NC1CCOc2ccccc21.I. The topological polar surface area (TPSA) is 54.9 Å². The Kier molecular flexibility index (Phi) is 8.02. The van der Waals surface area contributed by atoms with Crippen molar-refractivity contribution in [2.45, 2.75) is 19.0 Å². The Labute approximate surface area is 179 Å². The maximum Gasteiger partial charge on any atom is 0.191 e. The van der Waals surface area contributed by atoms with Gasteiger partial charge in [0.15, 0.2) is 5.96 Å². The summed E-state index contributed by atoms with van der Waals surface area (Å²) in [4.78, 5) is 4.35. The predicted octanol–water partition coefficient (Wildman–Crippen LogP) is 4.26. The van der Waals surface area contributed by atoms with Crippen molar-refractivity contribution in [3.05, 3.63) is 58.1 Å². The van der Waals surface area contributed by atoms with Crippen LogP contribution in [0.3, 0.4) is 0 Å². The first kappa shape index (κ1) is 20.8. The van der Waals surface area contributed by atoms with E-state index in [0.29, 0.717) is 13.2 Å². The van der Waals surface area contributed by atoms with E-state index in [1.807, 2.05) is 36.4 Å². The quantitative estimate of drug-likeness (QED) is 0.351. The van der Waals surface area contributed by atoms with Crippen LogP contribution in [0.5, 0.6) is 11.5 Å². The van der Waals surface area contributed by atoms with Crippen molar-refractivity contribution in [2.24, 2.45) is 4.99 Å². The van der Waals surface area contributed by atoms with Crippen molar-refractivity contribution in [1.82, 2.24) is 10.6 Å². The number of nitrogens with one attached hydrogen (secondary N) is 2. The number of ether oxygens (including phenoxy) is 2. The minimum atomic E-state index is 0. The number of benzene rings is 2. The number of methoxy groups -OCH3 is 1. The molecule has 0 aliphatic carbocycles. The molecule has 26 heavy (non-hydrogen) atoms. The first-order valence-electron chi connectivity index (χ1n) is 8.22. The molecule has 0 amide bonds. The molecule has 2 aromatic rings. The standard InChI is InChI=1S/C19H22BrN3O2.HI/c1-21-19(22-12-13-11-14(20)7-8-17(13)24-2)23-16-9-10-25-18-6-4-3-5-15(16)18;/h3-8,11,16H,9-10,12H2,1-2H3,(H2,21,22,23);1H. The van der Waals surface area contributed by atoms with Crippen molar-refractivity contribution < 1.29 is 9.47 Å². The van der Waals surface area contributed by atoms with Gasteiger partial charge in [-0.15, -0.1) is 24.0 Å². The number of guanidine groups is 1. The number of aliphatic imine (C=N–C) groups is 1. The molecule has 1 unspecified atom stereocenters. The van der Waals surface area contributed by atoms with Crippen LogP contribution in [-0.4, -0.2) is 26.7 Å². The van der Waals surface area contributed by atoms with Crippen molar-refractivity contribution in [1.29, 1.82) is 0 Å². The number of hydrogen-bond acceptors (Lipinski definition) is 3. The Balaban J connectivity index is 0.00000243. The summed E-state index contributed by atoms with van der Waals surface area (Å²) in [6.07, 6.45) is 0.901. The van der Waals surface area contributed by atoms with Gasteiger partial charge in [0.05, 0.1) is 19.8 Å². The number of para-hydroxylation sites is 1. The monoisotopic (exact) mass is 531 g/mol. The third-order valence-electron chi connectivity index (χ3n) is 4.18. The highest BCUT2D eigenvalue weighted by molar-refractivity contribution is 14.0. The molecule has 0 saturated heterocycles. The zero-order valence-corrected chi connectivity index (χ0v) is 18.7. The summed E-state index contributed by atoms with van der Waals surface area (Å²) >= 11 is 3.50. The number of halogens is 2. The molecule has 1 atom stereocenters. The third-order valence-corrected chi connectivity index (χ3v) is 4.68. The first-order chi connectivity index (χ1) is 12.2. The summed E-state index contributed by atoms with van der Waals surface area (Å²) < 4.78 is 12.2. The summed E-state index contributed by atoms with van der Waals surface area (Å²) in [6, 6.07) is 14.3. The summed E-state index contributed by atoms with van der Waals surface area (Å²) in [7, 11) is 3.46. The van der Waals surface area contributed by atoms with Gasteiger partial charge in [0.25, 0.3) is 0 Å². The van der Waals surface area contributed by atoms with Gasteiger partial charge in [-0.2, -0.15) is 0 Å². The van der Waals surface area contributed by atoms with E-state index < -0.39 is 0 Å². The van der Waals surface area contributed by atoms with Crippen LogP contribution in [0.2, 0.25) is 0 Å². The Hall–Kier alpha value is -1.48. The number of rotatable bonds is 4. The van der Waals surface area contributed by atoms with Crippen LogP contribution < -0.4 is 20.1 Å². The van der Waals surface area contributed by atoms with Crippen LogP contribution in [0.15, 0.2) is 51.9 Å². The normalized spacial score (nSPS) is 16.0. The molecule has 2 N–H and O–H groups in total. The third kappa shape index (κ3) is 5.03. The molecule has 2 aromatic carbocycles. The predicted molar refractivity (Wildman–Crippen MR) is 119 cm³/mol. The maximum absolute atomic E-state index is 5.72. The average Bonchev–Trinajstić information content (AvgIpc) is 2.65. The molecule has 0 spiro atoms. The van der Waals surface area contributed by atoms with Gasteiger partial charge in [-0.25, -0.2) is 0 Å². The van der Waals surface area contributed by atoms with Crippen LogP contribution in [0.4, 0.5) is 0 Å². The van der Waals surface area contributed by atoms with Gasteiger partial charge in [-0.05, 0) is 24.3 Å². The molecule has 3 rings (SSSR count). The van der Waals surface area contributed by atoms with E-state index in [2.05, 4.69) is 37.6 Å². The molecule has 1 heterocycles. The zero-order valence-electron chi connectivity index (χ0n) is 14.8. The number of hydrogen-bond donors (Lipinski definition) is 2. The average molecular weight is 532 g/mol. The van der Waals surface area contributed by atoms with Gasteiger partial charge in [-0.3, -0.25) is 4.99 Å². The van der Waals surface area contributed by atoms with Gasteiger partial charge in [0, 0.05) is 35.6 Å². The Morgan fingerprint density at radius 2 is 2.12 bits per heavy atom. The van der Waals surface area contributed by atoms with Gasteiger partial charge < -0.3 is 20.1 Å². The molecule has 1 aliphatic heterocycles. The Morgan fingerprint density at radius 1 is 1.31 bits per heavy atom. The highest BCUT2D eigenvalue weighted by Gasteiger charge is 2.21.